The number of rotatable bonds is 3. The van der Waals surface area contributed by atoms with E-state index in [0.29, 0.717) is 11.7 Å². The normalized spacial score (nSPS) is 23.1. The standard InChI is InChI=1S/C16H28N4O/c1-10-13(17)19-15(16(2,3)4)20-14(10)18-9-11-6-5-7-12(21)8-11/h11-12,21H,5-9H2,1-4H3,(H3,17,18,19,20). The second-order valence-electron chi connectivity index (χ2n) is 7.22. The molecule has 5 nitrogen and oxygen atoms in total. The summed E-state index contributed by atoms with van der Waals surface area (Å²) in [5, 5.41) is 13.2. The first-order chi connectivity index (χ1) is 9.77. The summed E-state index contributed by atoms with van der Waals surface area (Å²) in [4.78, 5) is 9.04. The smallest absolute Gasteiger partial charge is 0.138 e. The van der Waals surface area contributed by atoms with Crippen molar-refractivity contribution in [1.82, 2.24) is 9.97 Å². The summed E-state index contributed by atoms with van der Waals surface area (Å²) in [7, 11) is 0. The van der Waals surface area contributed by atoms with Gasteiger partial charge in [0.1, 0.15) is 17.5 Å². The maximum atomic E-state index is 9.75. The van der Waals surface area contributed by atoms with Gasteiger partial charge in [0.25, 0.3) is 0 Å². The van der Waals surface area contributed by atoms with Gasteiger partial charge in [-0.3, -0.25) is 0 Å². The number of nitrogen functional groups attached to an aromatic ring is 1. The fourth-order valence-electron chi connectivity index (χ4n) is 2.73. The Kier molecular flexibility index (Phi) is 4.71. The van der Waals surface area contributed by atoms with E-state index in [1.54, 1.807) is 0 Å². The molecule has 1 heterocycles. The van der Waals surface area contributed by atoms with Crippen LogP contribution in [0.3, 0.4) is 0 Å². The minimum atomic E-state index is -0.146. The maximum absolute atomic E-state index is 9.75. The van der Waals surface area contributed by atoms with Crippen LogP contribution in [0.4, 0.5) is 11.6 Å². The molecule has 0 radical (unpaired) electrons. The van der Waals surface area contributed by atoms with Crippen molar-refractivity contribution in [2.45, 2.75) is 64.9 Å². The number of hydrogen-bond acceptors (Lipinski definition) is 5. The molecule has 1 aromatic heterocycles. The van der Waals surface area contributed by atoms with E-state index in [1.165, 1.54) is 0 Å². The van der Waals surface area contributed by atoms with Gasteiger partial charge in [-0.05, 0) is 32.1 Å². The van der Waals surface area contributed by atoms with E-state index in [4.69, 9.17) is 5.73 Å². The lowest BCUT2D eigenvalue weighted by Gasteiger charge is -2.27. The topological polar surface area (TPSA) is 84.1 Å². The second kappa shape index (κ2) is 6.18. The van der Waals surface area contributed by atoms with Crippen LogP contribution in [0.15, 0.2) is 0 Å². The molecular formula is C16H28N4O. The van der Waals surface area contributed by atoms with E-state index >= 15 is 0 Å². The highest BCUT2D eigenvalue weighted by Gasteiger charge is 2.22. The van der Waals surface area contributed by atoms with Gasteiger partial charge < -0.3 is 16.2 Å². The summed E-state index contributed by atoms with van der Waals surface area (Å²) in [6.07, 6.45) is 3.93. The Bertz CT molecular complexity index is 496. The van der Waals surface area contributed by atoms with E-state index in [-0.39, 0.29) is 11.5 Å². The van der Waals surface area contributed by atoms with Crippen LogP contribution in [-0.4, -0.2) is 27.7 Å². The fraction of sp³-hybridized carbons (Fsp3) is 0.750. The number of hydrogen-bond donors (Lipinski definition) is 3. The zero-order valence-electron chi connectivity index (χ0n) is 13.6. The molecule has 5 heteroatoms. The number of aliphatic hydroxyl groups is 1. The highest BCUT2D eigenvalue weighted by atomic mass is 16.3. The molecule has 4 N–H and O–H groups in total. The molecule has 118 valence electrons. The van der Waals surface area contributed by atoms with Crippen molar-refractivity contribution >= 4 is 11.6 Å². The van der Waals surface area contributed by atoms with Gasteiger partial charge in [0.05, 0.1) is 6.10 Å². The Labute approximate surface area is 127 Å². The zero-order valence-corrected chi connectivity index (χ0v) is 13.6. The van der Waals surface area contributed by atoms with Gasteiger partial charge in [-0.1, -0.05) is 27.2 Å². The summed E-state index contributed by atoms with van der Waals surface area (Å²) < 4.78 is 0. The number of aromatic nitrogens is 2. The first-order valence-electron chi connectivity index (χ1n) is 7.84. The fourth-order valence-corrected chi connectivity index (χ4v) is 2.73. The second-order valence-corrected chi connectivity index (χ2v) is 7.22. The van der Waals surface area contributed by atoms with Gasteiger partial charge in [-0.25, -0.2) is 9.97 Å². The summed E-state index contributed by atoms with van der Waals surface area (Å²) in [6.45, 7) is 9.02. The van der Waals surface area contributed by atoms with Crippen LogP contribution >= 0.6 is 0 Å². The molecule has 1 saturated carbocycles. The van der Waals surface area contributed by atoms with Crippen LogP contribution in [0.5, 0.6) is 0 Å². The van der Waals surface area contributed by atoms with Crippen LogP contribution in [0.25, 0.3) is 0 Å². The molecule has 0 spiro atoms. The molecule has 0 aliphatic heterocycles. The van der Waals surface area contributed by atoms with E-state index in [2.05, 4.69) is 36.1 Å². The van der Waals surface area contributed by atoms with Crippen molar-refractivity contribution in [2.24, 2.45) is 5.92 Å². The maximum Gasteiger partial charge on any atom is 0.138 e. The van der Waals surface area contributed by atoms with Crippen molar-refractivity contribution < 1.29 is 5.11 Å². The van der Waals surface area contributed by atoms with Crippen LogP contribution < -0.4 is 11.1 Å². The van der Waals surface area contributed by atoms with Crippen molar-refractivity contribution in [1.29, 1.82) is 0 Å². The molecule has 0 aromatic carbocycles. The van der Waals surface area contributed by atoms with Gasteiger partial charge in [0, 0.05) is 17.5 Å². The molecule has 2 rings (SSSR count). The lowest BCUT2D eigenvalue weighted by molar-refractivity contribution is 0.104. The van der Waals surface area contributed by atoms with Crippen molar-refractivity contribution in [2.75, 3.05) is 17.6 Å². The molecule has 1 fully saturated rings. The van der Waals surface area contributed by atoms with E-state index < -0.39 is 0 Å². The summed E-state index contributed by atoms with van der Waals surface area (Å²) >= 11 is 0. The van der Waals surface area contributed by atoms with Gasteiger partial charge in [0.2, 0.25) is 0 Å². The van der Waals surface area contributed by atoms with Gasteiger partial charge in [-0.2, -0.15) is 0 Å². The Morgan fingerprint density at radius 2 is 2.00 bits per heavy atom. The summed E-state index contributed by atoms with van der Waals surface area (Å²) in [6, 6.07) is 0. The SMILES string of the molecule is Cc1c(N)nc(C(C)(C)C)nc1NCC1CCCC(O)C1. The van der Waals surface area contributed by atoms with E-state index in [0.717, 1.165) is 49.4 Å². The minimum Gasteiger partial charge on any atom is -0.393 e. The predicted octanol–water partition coefficient (Wildman–Crippen LogP) is 2.63. The number of nitrogens with one attached hydrogen (secondary N) is 1. The van der Waals surface area contributed by atoms with Crippen LogP contribution in [-0.2, 0) is 5.41 Å². The lowest BCUT2D eigenvalue weighted by atomic mass is 9.87. The summed E-state index contributed by atoms with van der Waals surface area (Å²) in [5.41, 5.74) is 6.79. The molecular weight excluding hydrogens is 264 g/mol. The molecule has 1 aliphatic rings. The third kappa shape index (κ3) is 4.06. The number of anilines is 2. The molecule has 1 aliphatic carbocycles. The third-order valence-electron chi connectivity index (χ3n) is 4.17. The van der Waals surface area contributed by atoms with Crippen molar-refractivity contribution in [3.63, 3.8) is 0 Å². The van der Waals surface area contributed by atoms with Crippen LogP contribution in [0.1, 0.15) is 57.8 Å². The molecule has 0 bridgehead atoms. The van der Waals surface area contributed by atoms with Crippen LogP contribution in [0.2, 0.25) is 0 Å². The molecule has 0 amide bonds. The average Bonchev–Trinajstić information content (AvgIpc) is 2.39. The first-order valence-corrected chi connectivity index (χ1v) is 7.84. The Morgan fingerprint density at radius 1 is 1.29 bits per heavy atom. The Hall–Kier alpha value is -1.36. The largest absolute Gasteiger partial charge is 0.393 e. The molecule has 21 heavy (non-hydrogen) atoms. The number of nitrogens with zero attached hydrogens (tertiary/aromatic N) is 2. The highest BCUT2D eigenvalue weighted by molar-refractivity contribution is 5.55. The first kappa shape index (κ1) is 16.0. The number of nitrogens with two attached hydrogens (primary N) is 1. The van der Waals surface area contributed by atoms with Crippen molar-refractivity contribution in [3.8, 4) is 0 Å². The molecule has 2 unspecified atom stereocenters. The van der Waals surface area contributed by atoms with Gasteiger partial charge >= 0.3 is 0 Å². The van der Waals surface area contributed by atoms with Gasteiger partial charge in [-0.15, -0.1) is 0 Å². The predicted molar refractivity (Wildman–Crippen MR) is 86.3 cm³/mol. The minimum absolute atomic E-state index is 0.126. The Morgan fingerprint density at radius 3 is 2.62 bits per heavy atom. The van der Waals surface area contributed by atoms with E-state index in [9.17, 15) is 5.11 Å². The Balaban J connectivity index is 2.10. The molecule has 2 atom stereocenters. The van der Waals surface area contributed by atoms with Gasteiger partial charge in [0.15, 0.2) is 0 Å². The quantitative estimate of drug-likeness (QED) is 0.797. The van der Waals surface area contributed by atoms with E-state index in [1.807, 2.05) is 6.92 Å². The summed E-state index contributed by atoms with van der Waals surface area (Å²) in [5.74, 6) is 2.63. The average molecular weight is 292 g/mol. The monoisotopic (exact) mass is 292 g/mol. The van der Waals surface area contributed by atoms with Crippen LogP contribution in [0, 0.1) is 12.8 Å². The molecule has 1 aromatic rings. The highest BCUT2D eigenvalue weighted by Crippen LogP contribution is 2.27. The van der Waals surface area contributed by atoms with Crippen molar-refractivity contribution in [3.05, 3.63) is 11.4 Å². The lowest BCUT2D eigenvalue weighted by Crippen LogP contribution is -2.26. The number of aliphatic hydroxyl groups excluding tert-OH is 1. The molecule has 0 saturated heterocycles. The third-order valence-corrected chi connectivity index (χ3v) is 4.17. The zero-order chi connectivity index (χ0) is 15.6.